The predicted octanol–water partition coefficient (Wildman–Crippen LogP) is 5.94. The zero-order valence-electron chi connectivity index (χ0n) is 16.2. The number of nitrogens with zero attached hydrogens (tertiary/aromatic N) is 3. The third-order valence-corrected chi connectivity index (χ3v) is 6.68. The molecule has 4 aromatic rings. The Hall–Kier alpha value is -2.77. The Morgan fingerprint density at radius 2 is 1.80 bits per heavy atom. The molecule has 152 valence electrons. The molecule has 0 aliphatic carbocycles. The second-order valence-corrected chi connectivity index (χ2v) is 8.88. The number of carbonyl (C=O) groups is 1. The van der Waals surface area contributed by atoms with E-state index in [1.807, 2.05) is 36.4 Å². The molecule has 0 saturated carbocycles. The van der Waals surface area contributed by atoms with E-state index in [1.165, 1.54) is 23.5 Å². The monoisotopic (exact) mass is 437 g/mol. The summed E-state index contributed by atoms with van der Waals surface area (Å²) >= 11 is 3.16. The van der Waals surface area contributed by atoms with E-state index in [9.17, 15) is 9.18 Å². The standard InChI is InChI=1S/C23H20FN3OS2/c24-18-7-9-19(10-8-18)29-15-3-6-22(28)27(16-17-11-13-25-14-12-17)23-26-20-4-1-2-5-21(20)30-23/h1-2,4-5,7-14H,3,6,15-16H2. The van der Waals surface area contributed by atoms with Crippen LogP contribution >= 0.6 is 23.1 Å². The van der Waals surface area contributed by atoms with Crippen molar-refractivity contribution in [1.29, 1.82) is 0 Å². The summed E-state index contributed by atoms with van der Waals surface area (Å²) in [5.74, 6) is 0.600. The van der Waals surface area contributed by atoms with E-state index in [-0.39, 0.29) is 11.7 Å². The van der Waals surface area contributed by atoms with Crippen LogP contribution in [-0.4, -0.2) is 21.6 Å². The van der Waals surface area contributed by atoms with Crippen LogP contribution in [0.1, 0.15) is 18.4 Å². The molecule has 2 aromatic carbocycles. The van der Waals surface area contributed by atoms with Crippen molar-refractivity contribution < 1.29 is 9.18 Å². The first-order valence-corrected chi connectivity index (χ1v) is 11.4. The van der Waals surface area contributed by atoms with Crippen molar-refractivity contribution in [3.8, 4) is 0 Å². The van der Waals surface area contributed by atoms with Crippen LogP contribution in [0.4, 0.5) is 9.52 Å². The van der Waals surface area contributed by atoms with Crippen molar-refractivity contribution in [2.45, 2.75) is 24.3 Å². The molecule has 4 nitrogen and oxygen atoms in total. The third-order valence-electron chi connectivity index (χ3n) is 4.52. The Kier molecular flexibility index (Phi) is 6.71. The Bertz CT molecular complexity index is 1080. The predicted molar refractivity (Wildman–Crippen MR) is 121 cm³/mol. The number of halogens is 1. The van der Waals surface area contributed by atoms with E-state index in [4.69, 9.17) is 0 Å². The van der Waals surface area contributed by atoms with Crippen LogP contribution in [0.3, 0.4) is 0 Å². The minimum atomic E-state index is -0.239. The van der Waals surface area contributed by atoms with Crippen LogP contribution in [0.15, 0.2) is 78.0 Å². The number of pyridine rings is 1. The summed E-state index contributed by atoms with van der Waals surface area (Å²) in [6, 6.07) is 18.2. The van der Waals surface area contributed by atoms with E-state index in [0.717, 1.165) is 32.8 Å². The molecular formula is C23H20FN3OS2. The quantitative estimate of drug-likeness (QED) is 0.253. The molecule has 0 N–H and O–H groups in total. The van der Waals surface area contributed by atoms with Gasteiger partial charge in [-0.15, -0.1) is 11.8 Å². The summed E-state index contributed by atoms with van der Waals surface area (Å²) in [7, 11) is 0. The SMILES string of the molecule is O=C(CCCSc1ccc(F)cc1)N(Cc1ccncc1)c1nc2ccccc2s1. The van der Waals surface area contributed by atoms with Crippen LogP contribution in [0.2, 0.25) is 0 Å². The molecular weight excluding hydrogens is 417 g/mol. The van der Waals surface area contributed by atoms with E-state index < -0.39 is 0 Å². The fraction of sp³-hybridized carbons (Fsp3) is 0.174. The van der Waals surface area contributed by atoms with Gasteiger partial charge in [0.05, 0.1) is 16.8 Å². The van der Waals surface area contributed by atoms with E-state index >= 15 is 0 Å². The van der Waals surface area contributed by atoms with Crippen molar-refractivity contribution in [2.75, 3.05) is 10.7 Å². The van der Waals surface area contributed by atoms with Crippen molar-refractivity contribution in [3.63, 3.8) is 0 Å². The van der Waals surface area contributed by atoms with Gasteiger partial charge in [0.15, 0.2) is 5.13 Å². The van der Waals surface area contributed by atoms with Gasteiger partial charge >= 0.3 is 0 Å². The number of thioether (sulfide) groups is 1. The second kappa shape index (κ2) is 9.82. The maximum Gasteiger partial charge on any atom is 0.229 e. The maximum absolute atomic E-state index is 13.1. The lowest BCUT2D eigenvalue weighted by molar-refractivity contribution is -0.118. The number of benzene rings is 2. The van der Waals surface area contributed by atoms with Gasteiger partial charge in [-0.25, -0.2) is 9.37 Å². The lowest BCUT2D eigenvalue weighted by atomic mass is 10.2. The largest absolute Gasteiger partial charge is 0.284 e. The van der Waals surface area contributed by atoms with Crippen LogP contribution in [0.5, 0.6) is 0 Å². The molecule has 0 radical (unpaired) electrons. The van der Waals surface area contributed by atoms with Gasteiger partial charge in [0.1, 0.15) is 5.82 Å². The molecule has 0 unspecified atom stereocenters. The van der Waals surface area contributed by atoms with Crippen molar-refractivity contribution in [1.82, 2.24) is 9.97 Å². The van der Waals surface area contributed by atoms with E-state index in [1.54, 1.807) is 41.2 Å². The Morgan fingerprint density at radius 1 is 1.03 bits per heavy atom. The van der Waals surface area contributed by atoms with Gasteiger partial charge in [-0.05, 0) is 66.3 Å². The molecule has 0 aliphatic rings. The first-order valence-electron chi connectivity index (χ1n) is 9.62. The van der Waals surface area contributed by atoms with Gasteiger partial charge in [-0.2, -0.15) is 0 Å². The number of anilines is 1. The highest BCUT2D eigenvalue weighted by atomic mass is 32.2. The summed E-state index contributed by atoms with van der Waals surface area (Å²) in [5, 5.41) is 0.712. The van der Waals surface area contributed by atoms with Crippen LogP contribution in [0, 0.1) is 5.82 Å². The van der Waals surface area contributed by atoms with Crippen molar-refractivity contribution >= 4 is 44.4 Å². The topological polar surface area (TPSA) is 46.1 Å². The molecule has 30 heavy (non-hydrogen) atoms. The molecule has 0 aliphatic heterocycles. The minimum absolute atomic E-state index is 0.0468. The minimum Gasteiger partial charge on any atom is -0.284 e. The lowest BCUT2D eigenvalue weighted by Gasteiger charge is -2.20. The fourth-order valence-corrected chi connectivity index (χ4v) is 4.82. The van der Waals surface area contributed by atoms with Gasteiger partial charge in [0, 0.05) is 23.7 Å². The van der Waals surface area contributed by atoms with Crippen LogP contribution in [0.25, 0.3) is 10.2 Å². The third kappa shape index (κ3) is 5.23. The maximum atomic E-state index is 13.1. The molecule has 2 aromatic heterocycles. The number of aromatic nitrogens is 2. The molecule has 2 heterocycles. The fourth-order valence-electron chi connectivity index (χ4n) is 2.99. The molecule has 4 rings (SSSR count). The van der Waals surface area contributed by atoms with Gasteiger partial charge in [0.2, 0.25) is 5.91 Å². The highest BCUT2D eigenvalue weighted by Gasteiger charge is 2.20. The van der Waals surface area contributed by atoms with Gasteiger partial charge in [0.25, 0.3) is 0 Å². The summed E-state index contributed by atoms with van der Waals surface area (Å²) in [4.78, 5) is 24.6. The summed E-state index contributed by atoms with van der Waals surface area (Å²) in [6.07, 6.45) is 4.62. The molecule has 0 fully saturated rings. The zero-order valence-corrected chi connectivity index (χ0v) is 17.8. The van der Waals surface area contributed by atoms with Gasteiger partial charge < -0.3 is 0 Å². The Morgan fingerprint density at radius 3 is 2.57 bits per heavy atom. The molecule has 1 amide bonds. The Labute approximate surface area is 182 Å². The molecule has 7 heteroatoms. The summed E-state index contributed by atoms with van der Waals surface area (Å²) in [5.41, 5.74) is 1.91. The highest BCUT2D eigenvalue weighted by molar-refractivity contribution is 7.99. The number of para-hydroxylation sites is 1. The first kappa shape index (κ1) is 20.5. The van der Waals surface area contributed by atoms with Crippen LogP contribution in [-0.2, 0) is 11.3 Å². The molecule has 0 saturated heterocycles. The summed E-state index contributed by atoms with van der Waals surface area (Å²) < 4.78 is 14.1. The summed E-state index contributed by atoms with van der Waals surface area (Å²) in [6.45, 7) is 0.465. The first-order chi connectivity index (χ1) is 14.7. The average molecular weight is 438 g/mol. The molecule has 0 bridgehead atoms. The molecule has 0 spiro atoms. The Balaban J connectivity index is 1.44. The van der Waals surface area contributed by atoms with E-state index in [0.29, 0.717) is 18.1 Å². The average Bonchev–Trinajstić information content (AvgIpc) is 3.21. The number of hydrogen-bond donors (Lipinski definition) is 0. The zero-order chi connectivity index (χ0) is 20.8. The smallest absolute Gasteiger partial charge is 0.229 e. The highest BCUT2D eigenvalue weighted by Crippen LogP contribution is 2.30. The number of hydrogen-bond acceptors (Lipinski definition) is 5. The second-order valence-electron chi connectivity index (χ2n) is 6.71. The number of carbonyl (C=O) groups excluding carboxylic acids is 1. The normalized spacial score (nSPS) is 11.0. The van der Waals surface area contributed by atoms with Crippen molar-refractivity contribution in [2.24, 2.45) is 0 Å². The molecule has 0 atom stereocenters. The lowest BCUT2D eigenvalue weighted by Crippen LogP contribution is -2.30. The van der Waals surface area contributed by atoms with Gasteiger partial charge in [-0.3, -0.25) is 14.7 Å². The van der Waals surface area contributed by atoms with Crippen molar-refractivity contribution in [3.05, 3.63) is 84.4 Å². The van der Waals surface area contributed by atoms with Crippen LogP contribution < -0.4 is 4.90 Å². The van der Waals surface area contributed by atoms with E-state index in [2.05, 4.69) is 9.97 Å². The number of amides is 1. The number of fused-ring (bicyclic) bond motifs is 1. The number of thiazole rings is 1. The van der Waals surface area contributed by atoms with Gasteiger partial charge in [-0.1, -0.05) is 23.5 Å². The number of rotatable bonds is 8.